The van der Waals surface area contributed by atoms with Crippen molar-refractivity contribution < 1.29 is 19.7 Å². The smallest absolute Gasteiger partial charge is 0.260 e. The Morgan fingerprint density at radius 1 is 1.10 bits per heavy atom. The SMILES string of the molecule is O=C1Nc2ccccc2C1=C1OCc2cc(CCN3CC[C@@H](O)[C@@H](O)C3)ccc21. The number of hydrogen-bond donors (Lipinski definition) is 3. The van der Waals surface area contributed by atoms with Gasteiger partial charge < -0.3 is 25.2 Å². The Hall–Kier alpha value is -2.67. The number of hydrogen-bond acceptors (Lipinski definition) is 5. The summed E-state index contributed by atoms with van der Waals surface area (Å²) in [4.78, 5) is 14.7. The first-order chi connectivity index (χ1) is 14.1. The van der Waals surface area contributed by atoms with Gasteiger partial charge in [-0.3, -0.25) is 4.79 Å². The summed E-state index contributed by atoms with van der Waals surface area (Å²) in [6.07, 6.45) is 0.213. The molecular weight excluding hydrogens is 368 g/mol. The van der Waals surface area contributed by atoms with E-state index in [1.807, 2.05) is 30.3 Å². The van der Waals surface area contributed by atoms with Crippen LogP contribution >= 0.6 is 0 Å². The molecule has 3 aliphatic heterocycles. The lowest BCUT2D eigenvalue weighted by Gasteiger charge is -2.33. The first-order valence-electron chi connectivity index (χ1n) is 10.1. The van der Waals surface area contributed by atoms with Gasteiger partial charge in [0.05, 0.1) is 17.8 Å². The lowest BCUT2D eigenvalue weighted by Crippen LogP contribution is -2.47. The number of anilines is 1. The van der Waals surface area contributed by atoms with Crippen molar-refractivity contribution in [1.29, 1.82) is 0 Å². The number of likely N-dealkylation sites (tertiary alicyclic amines) is 1. The van der Waals surface area contributed by atoms with Crippen LogP contribution in [0.15, 0.2) is 42.5 Å². The molecule has 0 aromatic heterocycles. The molecule has 0 aliphatic carbocycles. The van der Waals surface area contributed by atoms with Gasteiger partial charge in [-0.15, -0.1) is 0 Å². The lowest BCUT2D eigenvalue weighted by atomic mass is 9.98. The largest absolute Gasteiger partial charge is 0.487 e. The van der Waals surface area contributed by atoms with E-state index >= 15 is 0 Å². The van der Waals surface area contributed by atoms with E-state index in [0.717, 1.165) is 41.9 Å². The van der Waals surface area contributed by atoms with E-state index in [1.54, 1.807) is 0 Å². The number of aliphatic hydroxyl groups is 2. The van der Waals surface area contributed by atoms with Crippen LogP contribution in [0, 0.1) is 0 Å². The van der Waals surface area contributed by atoms with Crippen molar-refractivity contribution in [3.8, 4) is 0 Å². The summed E-state index contributed by atoms with van der Waals surface area (Å²) >= 11 is 0. The topological polar surface area (TPSA) is 82.0 Å². The number of carbonyl (C=O) groups excluding carboxylic acids is 1. The molecule has 3 heterocycles. The monoisotopic (exact) mass is 392 g/mol. The molecule has 3 N–H and O–H groups in total. The molecule has 0 bridgehead atoms. The van der Waals surface area contributed by atoms with Crippen LogP contribution in [-0.2, 0) is 22.6 Å². The predicted molar refractivity (Wildman–Crippen MR) is 110 cm³/mol. The third-order valence-corrected chi connectivity index (χ3v) is 6.03. The van der Waals surface area contributed by atoms with Gasteiger partial charge in [0.25, 0.3) is 5.91 Å². The number of amides is 1. The van der Waals surface area contributed by atoms with Crippen molar-refractivity contribution in [3.05, 3.63) is 64.7 Å². The number of benzene rings is 2. The van der Waals surface area contributed by atoms with E-state index in [-0.39, 0.29) is 5.91 Å². The second-order valence-electron chi connectivity index (χ2n) is 7.96. The third-order valence-electron chi connectivity index (χ3n) is 6.03. The summed E-state index contributed by atoms with van der Waals surface area (Å²) in [7, 11) is 0. The van der Waals surface area contributed by atoms with Crippen LogP contribution in [0.25, 0.3) is 11.3 Å². The van der Waals surface area contributed by atoms with Crippen LogP contribution in [0.5, 0.6) is 0 Å². The molecule has 0 spiro atoms. The molecule has 1 fully saturated rings. The molecule has 29 heavy (non-hydrogen) atoms. The Kier molecular flexibility index (Phi) is 4.62. The van der Waals surface area contributed by atoms with Crippen molar-refractivity contribution in [2.45, 2.75) is 31.7 Å². The van der Waals surface area contributed by atoms with Gasteiger partial charge >= 0.3 is 0 Å². The first-order valence-corrected chi connectivity index (χ1v) is 10.1. The van der Waals surface area contributed by atoms with Crippen LogP contribution in [0.1, 0.15) is 28.7 Å². The number of para-hydroxylation sites is 1. The minimum atomic E-state index is -0.660. The Labute approximate surface area is 169 Å². The number of carbonyl (C=O) groups is 1. The van der Waals surface area contributed by atoms with Gasteiger partial charge in [-0.1, -0.05) is 36.4 Å². The summed E-state index contributed by atoms with van der Waals surface area (Å²) in [5.41, 5.74) is 5.59. The molecule has 6 nitrogen and oxygen atoms in total. The highest BCUT2D eigenvalue weighted by atomic mass is 16.5. The fourth-order valence-corrected chi connectivity index (χ4v) is 4.40. The molecule has 0 saturated carbocycles. The van der Waals surface area contributed by atoms with Gasteiger partial charge in [-0.25, -0.2) is 0 Å². The Balaban J connectivity index is 1.35. The number of fused-ring (bicyclic) bond motifs is 2. The summed E-state index contributed by atoms with van der Waals surface area (Å²) in [5.74, 6) is 0.533. The lowest BCUT2D eigenvalue weighted by molar-refractivity contribution is -0.110. The number of nitrogens with zero attached hydrogens (tertiary/aromatic N) is 1. The summed E-state index contributed by atoms with van der Waals surface area (Å²) < 4.78 is 5.96. The molecule has 5 rings (SSSR count). The number of β-amino-alcohol motifs (C(OH)–C–C–N with tert-alkyl or cyclic N) is 1. The van der Waals surface area contributed by atoms with Crippen molar-refractivity contribution >= 4 is 22.9 Å². The Morgan fingerprint density at radius 2 is 1.97 bits per heavy atom. The highest BCUT2D eigenvalue weighted by Crippen LogP contribution is 2.41. The van der Waals surface area contributed by atoms with Crippen molar-refractivity contribution in [2.24, 2.45) is 0 Å². The molecule has 2 atom stereocenters. The standard InChI is InChI=1S/C23H24N2O4/c26-19-8-10-25(12-20(19)27)9-7-14-5-6-16-15(11-14)13-29-22(16)21-17-3-1-2-4-18(17)24-23(21)28/h1-6,11,19-20,26-27H,7-10,12-13H2,(H,24,28)/t19-,20+/m1/s1. The highest BCUT2D eigenvalue weighted by Gasteiger charge is 2.32. The van der Waals surface area contributed by atoms with Gasteiger partial charge in [0.15, 0.2) is 0 Å². The van der Waals surface area contributed by atoms with Crippen LogP contribution in [0.2, 0.25) is 0 Å². The van der Waals surface area contributed by atoms with E-state index in [1.165, 1.54) is 5.56 Å². The number of aliphatic hydroxyl groups excluding tert-OH is 2. The zero-order valence-electron chi connectivity index (χ0n) is 16.1. The Bertz CT molecular complexity index is 1000. The minimum Gasteiger partial charge on any atom is -0.487 e. The van der Waals surface area contributed by atoms with Gasteiger partial charge in [0.2, 0.25) is 0 Å². The van der Waals surface area contributed by atoms with E-state index in [9.17, 15) is 15.0 Å². The van der Waals surface area contributed by atoms with Gasteiger partial charge in [0, 0.05) is 42.0 Å². The maximum Gasteiger partial charge on any atom is 0.260 e. The zero-order valence-corrected chi connectivity index (χ0v) is 16.1. The third kappa shape index (κ3) is 3.33. The van der Waals surface area contributed by atoms with Crippen LogP contribution in [0.3, 0.4) is 0 Å². The Morgan fingerprint density at radius 3 is 2.83 bits per heavy atom. The maximum atomic E-state index is 12.5. The molecule has 2 aromatic carbocycles. The maximum absolute atomic E-state index is 12.5. The van der Waals surface area contributed by atoms with Crippen molar-refractivity contribution in [1.82, 2.24) is 4.90 Å². The van der Waals surface area contributed by atoms with Crippen molar-refractivity contribution in [3.63, 3.8) is 0 Å². The molecule has 0 radical (unpaired) electrons. The molecule has 0 unspecified atom stereocenters. The average Bonchev–Trinajstić information content (AvgIpc) is 3.28. The number of nitrogens with one attached hydrogen (secondary N) is 1. The minimum absolute atomic E-state index is 0.121. The van der Waals surface area contributed by atoms with E-state index in [4.69, 9.17) is 4.74 Å². The fourth-order valence-electron chi connectivity index (χ4n) is 4.40. The molecule has 150 valence electrons. The van der Waals surface area contributed by atoms with Crippen LogP contribution in [0.4, 0.5) is 5.69 Å². The number of piperidine rings is 1. The number of rotatable bonds is 3. The molecule has 1 saturated heterocycles. The van der Waals surface area contributed by atoms with Crippen molar-refractivity contribution in [2.75, 3.05) is 25.0 Å². The second-order valence-corrected chi connectivity index (χ2v) is 7.96. The quantitative estimate of drug-likeness (QED) is 0.696. The zero-order chi connectivity index (χ0) is 20.0. The predicted octanol–water partition coefficient (Wildman–Crippen LogP) is 2.01. The molecule has 2 aromatic rings. The molecule has 6 heteroatoms. The fraction of sp³-hybridized carbons (Fsp3) is 0.348. The van der Waals surface area contributed by atoms with E-state index < -0.39 is 12.2 Å². The average molecular weight is 392 g/mol. The summed E-state index contributed by atoms with van der Waals surface area (Å²) in [6.45, 7) is 2.62. The highest BCUT2D eigenvalue weighted by molar-refractivity contribution is 6.36. The molecule has 3 aliphatic rings. The van der Waals surface area contributed by atoms with E-state index in [2.05, 4.69) is 22.3 Å². The normalized spacial score (nSPS) is 26.1. The van der Waals surface area contributed by atoms with Gasteiger partial charge in [-0.2, -0.15) is 0 Å². The first kappa shape index (κ1) is 18.4. The second kappa shape index (κ2) is 7.30. The summed E-state index contributed by atoms with van der Waals surface area (Å²) in [6, 6.07) is 14.0. The van der Waals surface area contributed by atoms with Crippen LogP contribution < -0.4 is 5.32 Å². The van der Waals surface area contributed by atoms with Gasteiger partial charge in [0.1, 0.15) is 12.4 Å². The summed E-state index contributed by atoms with van der Waals surface area (Å²) in [5, 5.41) is 22.4. The van der Waals surface area contributed by atoms with Gasteiger partial charge in [-0.05, 0) is 24.5 Å². The van der Waals surface area contributed by atoms with Crippen LogP contribution in [-0.4, -0.2) is 52.9 Å². The van der Waals surface area contributed by atoms with E-state index in [0.29, 0.717) is 30.9 Å². The molecule has 1 amide bonds. The number of ether oxygens (including phenoxy) is 1. The molecular formula is C23H24N2O4.